The van der Waals surface area contributed by atoms with Gasteiger partial charge in [-0.15, -0.1) is 0 Å². The molecule has 6 heteroatoms. The van der Waals surface area contributed by atoms with Crippen LogP contribution in [0.1, 0.15) is 30.1 Å². The Morgan fingerprint density at radius 1 is 1.36 bits per heavy atom. The van der Waals surface area contributed by atoms with E-state index in [-0.39, 0.29) is 18.4 Å². The van der Waals surface area contributed by atoms with Crippen LogP contribution in [0.3, 0.4) is 0 Å². The van der Waals surface area contributed by atoms with Crippen molar-refractivity contribution in [2.75, 3.05) is 21.3 Å². The van der Waals surface area contributed by atoms with Crippen LogP contribution in [-0.4, -0.2) is 27.3 Å². The van der Waals surface area contributed by atoms with Gasteiger partial charge in [-0.1, -0.05) is 0 Å². The molecule has 22 heavy (non-hydrogen) atoms. The average Bonchev–Trinajstić information content (AvgIpc) is 3.05. The summed E-state index contributed by atoms with van der Waals surface area (Å²) in [5, 5.41) is 9.45. The second-order valence-electron chi connectivity index (χ2n) is 5.46. The molecule has 3 atom stereocenters. The lowest BCUT2D eigenvalue weighted by molar-refractivity contribution is -0.149. The molecular weight excluding hydrogens is 286 g/mol. The monoisotopic (exact) mass is 303 g/mol. The van der Waals surface area contributed by atoms with Crippen molar-refractivity contribution >= 4 is 5.97 Å². The summed E-state index contributed by atoms with van der Waals surface area (Å²) in [6.07, 6.45) is 0.376. The molecule has 0 amide bonds. The highest BCUT2D eigenvalue weighted by Gasteiger charge is 2.59. The van der Waals surface area contributed by atoms with E-state index in [0.717, 1.165) is 11.1 Å². The summed E-state index contributed by atoms with van der Waals surface area (Å²) in [6.45, 7) is 0. The lowest BCUT2D eigenvalue weighted by Gasteiger charge is -2.30. The molecule has 1 aromatic rings. The molecule has 0 aromatic heterocycles. The fourth-order valence-corrected chi connectivity index (χ4v) is 3.46. The van der Waals surface area contributed by atoms with Gasteiger partial charge < -0.3 is 18.9 Å². The number of nitriles is 1. The summed E-state index contributed by atoms with van der Waals surface area (Å²) in [4.78, 5) is 11.8. The number of esters is 1. The van der Waals surface area contributed by atoms with Crippen molar-refractivity contribution in [3.63, 3.8) is 0 Å². The first kappa shape index (κ1) is 14.7. The number of hydrogen-bond donors (Lipinski definition) is 0. The van der Waals surface area contributed by atoms with Gasteiger partial charge in [0.1, 0.15) is 5.60 Å². The molecule has 3 rings (SSSR count). The average molecular weight is 303 g/mol. The number of fused-ring (bicyclic) bond motifs is 5. The standard InChI is InChI=1S/C16H17NO5/c1-19-13-5-10-11(6-14(13)20-2)16(7-15(18)21-3)9(8-17)4-12(10)22-16/h5-6,9,12H,4,7H2,1-3H3/t9-,12-,16+/m0/s1. The van der Waals surface area contributed by atoms with Crippen LogP contribution in [0.4, 0.5) is 0 Å². The molecule has 6 nitrogen and oxygen atoms in total. The van der Waals surface area contributed by atoms with Crippen molar-refractivity contribution in [3.8, 4) is 17.6 Å². The highest BCUT2D eigenvalue weighted by atomic mass is 16.5. The maximum atomic E-state index is 11.8. The third-order valence-electron chi connectivity index (χ3n) is 4.51. The smallest absolute Gasteiger partial charge is 0.308 e. The predicted octanol–water partition coefficient (Wildman–Crippen LogP) is 2.08. The minimum atomic E-state index is -0.957. The first-order valence-corrected chi connectivity index (χ1v) is 7.00. The normalized spacial score (nSPS) is 27.9. The third-order valence-corrected chi connectivity index (χ3v) is 4.51. The molecule has 0 N–H and O–H groups in total. The molecule has 0 spiro atoms. The second kappa shape index (κ2) is 5.18. The van der Waals surface area contributed by atoms with Crippen LogP contribution in [0.2, 0.25) is 0 Å². The van der Waals surface area contributed by atoms with E-state index >= 15 is 0 Å². The highest BCUT2D eigenvalue weighted by molar-refractivity contribution is 5.72. The quantitative estimate of drug-likeness (QED) is 0.792. The Labute approximate surface area is 128 Å². The van der Waals surface area contributed by atoms with Crippen molar-refractivity contribution in [2.45, 2.75) is 24.5 Å². The largest absolute Gasteiger partial charge is 0.493 e. The van der Waals surface area contributed by atoms with Crippen LogP contribution in [-0.2, 0) is 19.9 Å². The van der Waals surface area contributed by atoms with E-state index in [2.05, 4.69) is 6.07 Å². The number of carbonyl (C=O) groups is 1. The molecule has 0 unspecified atom stereocenters. The van der Waals surface area contributed by atoms with Crippen molar-refractivity contribution in [1.29, 1.82) is 5.26 Å². The van der Waals surface area contributed by atoms with Crippen molar-refractivity contribution in [3.05, 3.63) is 23.3 Å². The lowest BCUT2D eigenvalue weighted by atomic mass is 9.73. The van der Waals surface area contributed by atoms with Gasteiger partial charge in [-0.05, 0) is 29.7 Å². The predicted molar refractivity (Wildman–Crippen MR) is 75.4 cm³/mol. The van der Waals surface area contributed by atoms with Gasteiger partial charge in [-0.2, -0.15) is 5.26 Å². The molecule has 1 aromatic carbocycles. The zero-order valence-corrected chi connectivity index (χ0v) is 12.7. The van der Waals surface area contributed by atoms with Gasteiger partial charge >= 0.3 is 5.97 Å². The number of nitrogens with zero attached hydrogens (tertiary/aromatic N) is 1. The Hall–Kier alpha value is -2.26. The van der Waals surface area contributed by atoms with E-state index in [9.17, 15) is 10.1 Å². The lowest BCUT2D eigenvalue weighted by Crippen LogP contribution is -2.34. The van der Waals surface area contributed by atoms with Crippen LogP contribution in [0, 0.1) is 17.2 Å². The number of carbonyl (C=O) groups excluding carboxylic acids is 1. The molecule has 2 heterocycles. The molecule has 1 fully saturated rings. The van der Waals surface area contributed by atoms with E-state index < -0.39 is 11.6 Å². The number of ether oxygens (including phenoxy) is 4. The number of hydrogen-bond acceptors (Lipinski definition) is 6. The van der Waals surface area contributed by atoms with E-state index in [1.807, 2.05) is 6.07 Å². The molecule has 0 saturated carbocycles. The number of methoxy groups -OCH3 is 3. The minimum absolute atomic E-state index is 0.0146. The van der Waals surface area contributed by atoms with Crippen molar-refractivity contribution in [2.24, 2.45) is 5.92 Å². The number of rotatable bonds is 4. The zero-order chi connectivity index (χ0) is 15.9. The van der Waals surface area contributed by atoms with Gasteiger partial charge in [0.05, 0.1) is 45.8 Å². The Kier molecular flexibility index (Phi) is 3.45. The highest BCUT2D eigenvalue weighted by Crippen LogP contribution is 2.61. The first-order chi connectivity index (χ1) is 10.6. The Bertz CT molecular complexity index is 665. The summed E-state index contributed by atoms with van der Waals surface area (Å²) in [6, 6.07) is 5.94. The van der Waals surface area contributed by atoms with E-state index in [0.29, 0.717) is 17.9 Å². The van der Waals surface area contributed by atoms with Crippen LogP contribution in [0.15, 0.2) is 12.1 Å². The Balaban J connectivity index is 2.14. The van der Waals surface area contributed by atoms with Crippen LogP contribution < -0.4 is 9.47 Å². The van der Waals surface area contributed by atoms with Crippen LogP contribution >= 0.6 is 0 Å². The summed E-state index contributed by atoms with van der Waals surface area (Å²) >= 11 is 0. The molecule has 116 valence electrons. The summed E-state index contributed by atoms with van der Waals surface area (Å²) < 4.78 is 21.5. The molecule has 2 aliphatic rings. The van der Waals surface area contributed by atoms with Gasteiger partial charge in [0.15, 0.2) is 11.5 Å². The minimum Gasteiger partial charge on any atom is -0.493 e. The van der Waals surface area contributed by atoms with Gasteiger partial charge in [-0.25, -0.2) is 0 Å². The molecular formula is C16H17NO5. The second-order valence-corrected chi connectivity index (χ2v) is 5.46. The Morgan fingerprint density at radius 3 is 2.64 bits per heavy atom. The molecule has 2 aliphatic heterocycles. The van der Waals surface area contributed by atoms with Crippen molar-refractivity contribution < 1.29 is 23.7 Å². The maximum absolute atomic E-state index is 11.8. The summed E-state index contributed by atoms with van der Waals surface area (Å²) in [5.74, 6) is 0.378. The maximum Gasteiger partial charge on any atom is 0.308 e. The van der Waals surface area contributed by atoms with Crippen LogP contribution in [0.5, 0.6) is 11.5 Å². The molecule has 0 radical (unpaired) electrons. The summed E-state index contributed by atoms with van der Waals surface area (Å²) in [5.41, 5.74) is 0.813. The molecule has 1 saturated heterocycles. The zero-order valence-electron chi connectivity index (χ0n) is 12.7. The SMILES string of the molecule is COC(=O)C[C@@]12O[C@@H](C[C@H]1C#N)c1cc(OC)c(OC)cc12. The van der Waals surface area contributed by atoms with E-state index in [4.69, 9.17) is 18.9 Å². The molecule has 2 bridgehead atoms. The third kappa shape index (κ3) is 1.86. The van der Waals surface area contributed by atoms with Crippen LogP contribution in [0.25, 0.3) is 0 Å². The van der Waals surface area contributed by atoms with Crippen molar-refractivity contribution in [1.82, 2.24) is 0 Å². The fourth-order valence-electron chi connectivity index (χ4n) is 3.46. The van der Waals surface area contributed by atoms with Gasteiger partial charge in [0, 0.05) is 0 Å². The fraction of sp³-hybridized carbons (Fsp3) is 0.500. The number of benzene rings is 1. The van der Waals surface area contributed by atoms with Gasteiger partial charge in [0.2, 0.25) is 0 Å². The first-order valence-electron chi connectivity index (χ1n) is 7.00. The Morgan fingerprint density at radius 2 is 2.05 bits per heavy atom. The van der Waals surface area contributed by atoms with Gasteiger partial charge in [-0.3, -0.25) is 4.79 Å². The summed E-state index contributed by atoms with van der Waals surface area (Å²) in [7, 11) is 4.45. The van der Waals surface area contributed by atoms with E-state index in [1.54, 1.807) is 20.3 Å². The van der Waals surface area contributed by atoms with E-state index in [1.165, 1.54) is 7.11 Å². The topological polar surface area (TPSA) is 77.8 Å². The van der Waals surface area contributed by atoms with Gasteiger partial charge in [0.25, 0.3) is 0 Å². The molecule has 0 aliphatic carbocycles.